The van der Waals surface area contributed by atoms with Crippen LogP contribution >= 0.6 is 23.2 Å². The van der Waals surface area contributed by atoms with E-state index in [0.29, 0.717) is 17.9 Å². The molecule has 2 aromatic carbocycles. The lowest BCUT2D eigenvalue weighted by atomic mass is 10.1. The second-order valence-corrected chi connectivity index (χ2v) is 6.38. The van der Waals surface area contributed by atoms with Crippen molar-refractivity contribution in [2.75, 3.05) is 6.54 Å². The second kappa shape index (κ2) is 9.94. The van der Waals surface area contributed by atoms with Gasteiger partial charge in [-0.05, 0) is 30.2 Å². The molecule has 2 aromatic rings. The van der Waals surface area contributed by atoms with Gasteiger partial charge in [-0.15, -0.1) is 0 Å². The normalized spacial score (nSPS) is 11.1. The first kappa shape index (κ1) is 19.9. The molecule has 0 bridgehead atoms. The summed E-state index contributed by atoms with van der Waals surface area (Å²) in [5.41, 5.74) is 4.68. The minimum Gasteiger partial charge on any atom is -0.343 e. The molecule has 7 heteroatoms. The van der Waals surface area contributed by atoms with E-state index in [1.807, 2.05) is 37.3 Å². The van der Waals surface area contributed by atoms with E-state index in [1.54, 1.807) is 6.07 Å². The van der Waals surface area contributed by atoms with Crippen molar-refractivity contribution < 1.29 is 9.59 Å². The maximum absolute atomic E-state index is 12.1. The molecule has 136 valence electrons. The molecule has 2 rings (SSSR count). The highest BCUT2D eigenvalue weighted by atomic mass is 35.5. The van der Waals surface area contributed by atoms with Crippen molar-refractivity contribution >= 4 is 40.7 Å². The predicted octanol–water partition coefficient (Wildman–Crippen LogP) is 3.85. The van der Waals surface area contributed by atoms with E-state index in [2.05, 4.69) is 15.8 Å². The highest BCUT2D eigenvalue weighted by Crippen LogP contribution is 2.20. The van der Waals surface area contributed by atoms with Gasteiger partial charge in [0.15, 0.2) is 0 Å². The number of amides is 2. The molecule has 0 radical (unpaired) electrons. The van der Waals surface area contributed by atoms with Gasteiger partial charge in [-0.25, -0.2) is 5.43 Å². The van der Waals surface area contributed by atoms with E-state index in [9.17, 15) is 9.59 Å². The van der Waals surface area contributed by atoms with Crippen LogP contribution in [0.2, 0.25) is 10.0 Å². The van der Waals surface area contributed by atoms with Gasteiger partial charge < -0.3 is 5.32 Å². The Hall–Kier alpha value is -2.37. The number of rotatable bonds is 7. The highest BCUT2D eigenvalue weighted by Gasteiger charge is 2.12. The average Bonchev–Trinajstić information content (AvgIpc) is 2.64. The Morgan fingerprint density at radius 3 is 2.46 bits per heavy atom. The van der Waals surface area contributed by atoms with Crippen molar-refractivity contribution in [3.8, 4) is 0 Å². The summed E-state index contributed by atoms with van der Waals surface area (Å²) in [5, 5.41) is 7.30. The summed E-state index contributed by atoms with van der Waals surface area (Å²) in [7, 11) is 0. The molecule has 0 fully saturated rings. The lowest BCUT2D eigenvalue weighted by Crippen LogP contribution is -2.35. The van der Waals surface area contributed by atoms with Gasteiger partial charge in [-0.3, -0.25) is 9.59 Å². The predicted molar refractivity (Wildman–Crippen MR) is 105 cm³/mol. The van der Waals surface area contributed by atoms with Crippen molar-refractivity contribution in [1.82, 2.24) is 10.7 Å². The molecule has 0 aliphatic carbocycles. The van der Waals surface area contributed by atoms with Gasteiger partial charge >= 0.3 is 0 Å². The zero-order chi connectivity index (χ0) is 18.9. The summed E-state index contributed by atoms with van der Waals surface area (Å²) >= 11 is 11.8. The Labute approximate surface area is 162 Å². The van der Waals surface area contributed by atoms with E-state index in [4.69, 9.17) is 23.2 Å². The monoisotopic (exact) mass is 391 g/mol. The largest absolute Gasteiger partial charge is 0.343 e. The molecule has 0 atom stereocenters. The van der Waals surface area contributed by atoms with Crippen LogP contribution in [0.1, 0.15) is 29.3 Å². The molecular formula is C19H19Cl2N3O2. The van der Waals surface area contributed by atoms with Gasteiger partial charge in [0.05, 0.1) is 17.1 Å². The standard InChI is InChI=1S/C19H19Cl2N3O2/c1-2-15(10-13-6-4-3-5-7-13)23-24-18(25)12-22-19(26)16-9-8-14(20)11-17(16)21/h3-9,11H,2,10,12H2,1H3,(H,22,26)(H,24,25)/b23-15+. The Bertz CT molecular complexity index is 808. The molecule has 26 heavy (non-hydrogen) atoms. The molecule has 0 unspecified atom stereocenters. The number of carbonyl (C=O) groups is 2. The van der Waals surface area contributed by atoms with Crippen LogP contribution < -0.4 is 10.7 Å². The van der Waals surface area contributed by atoms with Crippen LogP contribution in [-0.4, -0.2) is 24.1 Å². The summed E-state index contributed by atoms with van der Waals surface area (Å²) in [6.07, 6.45) is 1.37. The molecule has 0 aliphatic heterocycles. The van der Waals surface area contributed by atoms with Crippen molar-refractivity contribution in [3.05, 3.63) is 69.7 Å². The SMILES string of the molecule is CC/C(Cc1ccccc1)=N\NC(=O)CNC(=O)c1ccc(Cl)cc1Cl. The fourth-order valence-electron chi connectivity index (χ4n) is 2.19. The third-order valence-corrected chi connectivity index (χ3v) is 4.13. The van der Waals surface area contributed by atoms with E-state index in [1.165, 1.54) is 12.1 Å². The number of halogens is 2. The molecule has 0 saturated carbocycles. The first-order valence-electron chi connectivity index (χ1n) is 8.11. The maximum atomic E-state index is 12.1. The Morgan fingerprint density at radius 2 is 1.81 bits per heavy atom. The topological polar surface area (TPSA) is 70.6 Å². The molecule has 2 N–H and O–H groups in total. The molecule has 0 saturated heterocycles. The fourth-order valence-corrected chi connectivity index (χ4v) is 2.68. The first-order valence-corrected chi connectivity index (χ1v) is 8.86. The number of benzene rings is 2. The molecule has 0 spiro atoms. The zero-order valence-electron chi connectivity index (χ0n) is 14.3. The number of hydrogen-bond acceptors (Lipinski definition) is 3. The Kier molecular flexibility index (Phi) is 7.63. The first-order chi connectivity index (χ1) is 12.5. The third kappa shape index (κ3) is 6.17. The Balaban J connectivity index is 1.86. The average molecular weight is 392 g/mol. The van der Waals surface area contributed by atoms with Crippen molar-refractivity contribution in [2.45, 2.75) is 19.8 Å². The smallest absolute Gasteiger partial charge is 0.259 e. The summed E-state index contributed by atoms with van der Waals surface area (Å²) in [6.45, 7) is 1.77. The molecule has 5 nitrogen and oxygen atoms in total. The number of hydrogen-bond donors (Lipinski definition) is 2. The van der Waals surface area contributed by atoms with Crippen LogP contribution in [-0.2, 0) is 11.2 Å². The van der Waals surface area contributed by atoms with Crippen LogP contribution in [0.5, 0.6) is 0 Å². The number of nitrogens with zero attached hydrogens (tertiary/aromatic N) is 1. The minimum absolute atomic E-state index is 0.205. The highest BCUT2D eigenvalue weighted by molar-refractivity contribution is 6.36. The quantitative estimate of drug-likeness (QED) is 0.555. The minimum atomic E-state index is -0.453. The second-order valence-electron chi connectivity index (χ2n) is 5.54. The third-order valence-electron chi connectivity index (χ3n) is 3.58. The molecule has 0 aromatic heterocycles. The van der Waals surface area contributed by atoms with Gasteiger partial charge in [0.2, 0.25) is 0 Å². The van der Waals surface area contributed by atoms with Gasteiger partial charge in [-0.1, -0.05) is 60.5 Å². The van der Waals surface area contributed by atoms with Gasteiger partial charge in [-0.2, -0.15) is 5.10 Å². The van der Waals surface area contributed by atoms with Crippen LogP contribution in [0.3, 0.4) is 0 Å². The summed E-state index contributed by atoms with van der Waals surface area (Å²) < 4.78 is 0. The van der Waals surface area contributed by atoms with E-state index in [-0.39, 0.29) is 17.1 Å². The number of hydrazone groups is 1. The fraction of sp³-hybridized carbons (Fsp3) is 0.211. The van der Waals surface area contributed by atoms with Crippen LogP contribution in [0.25, 0.3) is 0 Å². The van der Waals surface area contributed by atoms with Gasteiger partial charge in [0, 0.05) is 17.2 Å². The van der Waals surface area contributed by atoms with Crippen LogP contribution in [0, 0.1) is 0 Å². The van der Waals surface area contributed by atoms with Gasteiger partial charge in [0.25, 0.3) is 11.8 Å². The van der Waals surface area contributed by atoms with Crippen molar-refractivity contribution in [1.29, 1.82) is 0 Å². The summed E-state index contributed by atoms with van der Waals surface area (Å²) in [4.78, 5) is 24.0. The van der Waals surface area contributed by atoms with Gasteiger partial charge in [0.1, 0.15) is 0 Å². The Morgan fingerprint density at radius 1 is 1.08 bits per heavy atom. The van der Waals surface area contributed by atoms with Crippen LogP contribution in [0.15, 0.2) is 53.6 Å². The van der Waals surface area contributed by atoms with E-state index in [0.717, 1.165) is 11.3 Å². The van der Waals surface area contributed by atoms with E-state index >= 15 is 0 Å². The summed E-state index contributed by atoms with van der Waals surface area (Å²) in [6, 6.07) is 14.4. The molecule has 0 heterocycles. The molecular weight excluding hydrogens is 373 g/mol. The lowest BCUT2D eigenvalue weighted by molar-refractivity contribution is -0.120. The summed E-state index contributed by atoms with van der Waals surface area (Å²) in [5.74, 6) is -0.867. The van der Waals surface area contributed by atoms with E-state index < -0.39 is 11.8 Å². The maximum Gasteiger partial charge on any atom is 0.259 e. The van der Waals surface area contributed by atoms with Crippen molar-refractivity contribution in [2.24, 2.45) is 5.10 Å². The van der Waals surface area contributed by atoms with Crippen LogP contribution in [0.4, 0.5) is 0 Å². The lowest BCUT2D eigenvalue weighted by Gasteiger charge is -2.08. The molecule has 2 amide bonds. The molecule has 0 aliphatic rings. The van der Waals surface area contributed by atoms with Crippen molar-refractivity contribution in [3.63, 3.8) is 0 Å². The zero-order valence-corrected chi connectivity index (χ0v) is 15.8. The number of nitrogens with one attached hydrogen (secondary N) is 2. The number of carbonyl (C=O) groups excluding carboxylic acids is 2.